The van der Waals surface area contributed by atoms with Gasteiger partial charge in [-0.3, -0.25) is 10.1 Å². The number of aliphatic hydroxyl groups excluding tert-OH is 1. The van der Waals surface area contributed by atoms with Crippen LogP contribution in [0.2, 0.25) is 0 Å². The van der Waals surface area contributed by atoms with Crippen molar-refractivity contribution in [2.75, 3.05) is 11.9 Å². The Balaban J connectivity index is 1.96. The summed E-state index contributed by atoms with van der Waals surface area (Å²) in [5.41, 5.74) is 2.17. The Hall–Kier alpha value is -2.80. The van der Waals surface area contributed by atoms with Crippen molar-refractivity contribution in [3.63, 3.8) is 0 Å². The topological polar surface area (TPSA) is 100 Å². The van der Waals surface area contributed by atoms with Gasteiger partial charge in [-0.2, -0.15) is 10.2 Å². The Kier molecular flexibility index (Phi) is 7.03. The first-order valence-corrected chi connectivity index (χ1v) is 8.26. The fraction of sp³-hybridized carbons (Fsp3) is 0.333. The third-order valence-electron chi connectivity index (χ3n) is 3.71. The van der Waals surface area contributed by atoms with Crippen LogP contribution in [-0.2, 0) is 0 Å². The summed E-state index contributed by atoms with van der Waals surface area (Å²) >= 11 is 0. The average Bonchev–Trinajstić information content (AvgIpc) is 2.64. The third kappa shape index (κ3) is 5.96. The molecule has 2 N–H and O–H groups in total. The maximum Gasteiger partial charge on any atom is 0.269 e. The SMILES string of the molecule is CCCCC(CO)Nc1ccc(/N=N/c2ccc([N+](=O)[O-])cc2)cc1. The number of nitrogens with zero attached hydrogens (tertiary/aromatic N) is 3. The molecule has 2 rings (SSSR count). The molecule has 1 atom stereocenters. The molecule has 25 heavy (non-hydrogen) atoms. The number of aliphatic hydroxyl groups is 1. The third-order valence-corrected chi connectivity index (χ3v) is 3.71. The summed E-state index contributed by atoms with van der Waals surface area (Å²) in [7, 11) is 0. The number of benzene rings is 2. The molecule has 2 aromatic carbocycles. The van der Waals surface area contributed by atoms with Gasteiger partial charge in [0, 0.05) is 23.9 Å². The van der Waals surface area contributed by atoms with Crippen LogP contribution in [0.15, 0.2) is 58.8 Å². The van der Waals surface area contributed by atoms with Crippen LogP contribution < -0.4 is 5.32 Å². The van der Waals surface area contributed by atoms with E-state index in [-0.39, 0.29) is 18.3 Å². The molecular formula is C18H22N4O3. The van der Waals surface area contributed by atoms with E-state index in [1.165, 1.54) is 12.1 Å². The largest absolute Gasteiger partial charge is 0.394 e. The van der Waals surface area contributed by atoms with E-state index < -0.39 is 4.92 Å². The molecule has 0 aliphatic carbocycles. The molecule has 1 unspecified atom stereocenters. The number of hydrogen-bond donors (Lipinski definition) is 2. The molecule has 132 valence electrons. The number of nitro benzene ring substituents is 1. The Morgan fingerprint density at radius 3 is 2.12 bits per heavy atom. The van der Waals surface area contributed by atoms with Crippen molar-refractivity contribution < 1.29 is 10.0 Å². The summed E-state index contributed by atoms with van der Waals surface area (Å²) in [6, 6.07) is 13.4. The van der Waals surface area contributed by atoms with E-state index in [1.54, 1.807) is 12.1 Å². The molecule has 2 aromatic rings. The summed E-state index contributed by atoms with van der Waals surface area (Å²) < 4.78 is 0. The minimum Gasteiger partial charge on any atom is -0.394 e. The van der Waals surface area contributed by atoms with Crippen LogP contribution in [0, 0.1) is 10.1 Å². The van der Waals surface area contributed by atoms with Gasteiger partial charge in [0.25, 0.3) is 5.69 Å². The highest BCUT2D eigenvalue weighted by atomic mass is 16.6. The average molecular weight is 342 g/mol. The molecule has 0 aromatic heterocycles. The monoisotopic (exact) mass is 342 g/mol. The van der Waals surface area contributed by atoms with Crippen LogP contribution >= 0.6 is 0 Å². The Bertz CT molecular complexity index is 699. The highest BCUT2D eigenvalue weighted by Crippen LogP contribution is 2.22. The van der Waals surface area contributed by atoms with Crippen LogP contribution in [0.1, 0.15) is 26.2 Å². The lowest BCUT2D eigenvalue weighted by molar-refractivity contribution is -0.384. The predicted molar refractivity (Wildman–Crippen MR) is 97.7 cm³/mol. The molecule has 7 heteroatoms. The Morgan fingerprint density at radius 1 is 1.08 bits per heavy atom. The van der Waals surface area contributed by atoms with E-state index in [0.29, 0.717) is 11.4 Å². The van der Waals surface area contributed by atoms with E-state index >= 15 is 0 Å². The number of non-ortho nitro benzene ring substituents is 1. The fourth-order valence-electron chi connectivity index (χ4n) is 2.28. The van der Waals surface area contributed by atoms with Crippen molar-refractivity contribution in [1.29, 1.82) is 0 Å². The molecular weight excluding hydrogens is 320 g/mol. The van der Waals surface area contributed by atoms with Crippen molar-refractivity contribution in [3.8, 4) is 0 Å². The van der Waals surface area contributed by atoms with E-state index in [4.69, 9.17) is 0 Å². The smallest absolute Gasteiger partial charge is 0.269 e. The lowest BCUT2D eigenvalue weighted by atomic mass is 10.1. The zero-order valence-electron chi connectivity index (χ0n) is 14.1. The molecule has 0 aliphatic rings. The van der Waals surface area contributed by atoms with Crippen molar-refractivity contribution in [1.82, 2.24) is 0 Å². The minimum absolute atomic E-state index is 0.0240. The molecule has 0 saturated heterocycles. The number of rotatable bonds is 9. The van der Waals surface area contributed by atoms with Gasteiger partial charge in [-0.05, 0) is 42.8 Å². The molecule has 0 aliphatic heterocycles. The van der Waals surface area contributed by atoms with Crippen LogP contribution in [0.4, 0.5) is 22.7 Å². The quantitative estimate of drug-likeness (QED) is 0.381. The van der Waals surface area contributed by atoms with Gasteiger partial charge in [0.05, 0.1) is 22.9 Å². The first kappa shape index (κ1) is 18.5. The van der Waals surface area contributed by atoms with Gasteiger partial charge in [0.15, 0.2) is 0 Å². The predicted octanol–water partition coefficient (Wildman–Crippen LogP) is 4.97. The van der Waals surface area contributed by atoms with Gasteiger partial charge >= 0.3 is 0 Å². The summed E-state index contributed by atoms with van der Waals surface area (Å²) in [6.45, 7) is 2.22. The van der Waals surface area contributed by atoms with E-state index in [2.05, 4.69) is 22.5 Å². The number of unbranched alkanes of at least 4 members (excludes halogenated alkanes) is 1. The van der Waals surface area contributed by atoms with Gasteiger partial charge in [0.1, 0.15) is 0 Å². The van der Waals surface area contributed by atoms with Crippen LogP contribution in [0.25, 0.3) is 0 Å². The van der Waals surface area contributed by atoms with Crippen molar-refractivity contribution in [2.24, 2.45) is 10.2 Å². The van der Waals surface area contributed by atoms with E-state index in [1.807, 2.05) is 24.3 Å². The lowest BCUT2D eigenvalue weighted by Crippen LogP contribution is -2.23. The first-order valence-electron chi connectivity index (χ1n) is 8.26. The molecule has 0 radical (unpaired) electrons. The number of nitro groups is 1. The van der Waals surface area contributed by atoms with Crippen molar-refractivity contribution in [3.05, 3.63) is 58.6 Å². The van der Waals surface area contributed by atoms with Crippen LogP contribution in [0.3, 0.4) is 0 Å². The second-order valence-corrected chi connectivity index (χ2v) is 5.69. The summed E-state index contributed by atoms with van der Waals surface area (Å²) in [6.07, 6.45) is 3.09. The normalized spacial score (nSPS) is 12.2. The Labute approximate surface area is 146 Å². The first-order chi connectivity index (χ1) is 12.1. The second-order valence-electron chi connectivity index (χ2n) is 5.69. The maximum absolute atomic E-state index is 10.6. The van der Waals surface area contributed by atoms with Gasteiger partial charge in [-0.15, -0.1) is 0 Å². The minimum atomic E-state index is -0.452. The van der Waals surface area contributed by atoms with Gasteiger partial charge in [0.2, 0.25) is 0 Å². The van der Waals surface area contributed by atoms with Gasteiger partial charge in [-0.25, -0.2) is 0 Å². The summed E-state index contributed by atoms with van der Waals surface area (Å²) in [5.74, 6) is 0. The molecule has 7 nitrogen and oxygen atoms in total. The van der Waals surface area contributed by atoms with Crippen molar-refractivity contribution in [2.45, 2.75) is 32.2 Å². The van der Waals surface area contributed by atoms with Crippen molar-refractivity contribution >= 4 is 22.7 Å². The molecule has 0 spiro atoms. The van der Waals surface area contributed by atoms with E-state index in [0.717, 1.165) is 24.9 Å². The maximum atomic E-state index is 10.6. The van der Waals surface area contributed by atoms with Gasteiger partial charge in [-0.1, -0.05) is 19.8 Å². The summed E-state index contributed by atoms with van der Waals surface area (Å²) in [4.78, 5) is 10.2. The lowest BCUT2D eigenvalue weighted by Gasteiger charge is -2.17. The number of nitrogens with one attached hydrogen (secondary N) is 1. The number of hydrogen-bond acceptors (Lipinski definition) is 6. The number of anilines is 1. The Morgan fingerprint density at radius 2 is 1.64 bits per heavy atom. The van der Waals surface area contributed by atoms with Crippen LogP contribution in [-0.4, -0.2) is 22.7 Å². The molecule has 0 amide bonds. The molecule has 0 saturated carbocycles. The summed E-state index contributed by atoms with van der Waals surface area (Å²) in [5, 5.41) is 31.5. The number of azo groups is 1. The molecule has 0 fully saturated rings. The van der Waals surface area contributed by atoms with Crippen LogP contribution in [0.5, 0.6) is 0 Å². The standard InChI is InChI=1S/C18H22N4O3/c1-2-3-4-17(13-23)19-14-5-7-15(8-6-14)20-21-16-9-11-18(12-10-16)22(24)25/h5-12,17,19,23H,2-4,13H2,1H3/b21-20+. The van der Waals surface area contributed by atoms with Gasteiger partial charge < -0.3 is 10.4 Å². The second kappa shape index (κ2) is 9.48. The zero-order valence-corrected chi connectivity index (χ0v) is 14.1. The molecule has 0 bridgehead atoms. The fourth-order valence-corrected chi connectivity index (χ4v) is 2.28. The highest BCUT2D eigenvalue weighted by Gasteiger charge is 2.06. The highest BCUT2D eigenvalue weighted by molar-refractivity contribution is 5.51. The van der Waals surface area contributed by atoms with E-state index in [9.17, 15) is 15.2 Å². The zero-order chi connectivity index (χ0) is 18.1. The molecule has 0 heterocycles.